The molecule has 0 unspecified atom stereocenters. The lowest BCUT2D eigenvalue weighted by Crippen LogP contribution is -2.40. The van der Waals surface area contributed by atoms with E-state index in [1.54, 1.807) is 6.07 Å². The molecule has 4 rings (SSSR count). The quantitative estimate of drug-likeness (QED) is 0.704. The fourth-order valence-corrected chi connectivity index (χ4v) is 3.40. The van der Waals surface area contributed by atoms with E-state index < -0.39 is 0 Å². The molecule has 0 amide bonds. The molecule has 0 N–H and O–H groups in total. The fraction of sp³-hybridized carbons (Fsp3) is 0.444. The van der Waals surface area contributed by atoms with Crippen molar-refractivity contribution in [3.63, 3.8) is 0 Å². The van der Waals surface area contributed by atoms with E-state index >= 15 is 0 Å². The van der Waals surface area contributed by atoms with E-state index in [1.807, 2.05) is 39.1 Å². The van der Waals surface area contributed by atoms with E-state index in [0.29, 0.717) is 23.7 Å². The van der Waals surface area contributed by atoms with Gasteiger partial charge in [-0.25, -0.2) is 4.68 Å². The highest BCUT2D eigenvalue weighted by molar-refractivity contribution is 5.83. The summed E-state index contributed by atoms with van der Waals surface area (Å²) in [6.07, 6.45) is -0.158. The van der Waals surface area contributed by atoms with E-state index in [9.17, 15) is 4.79 Å². The van der Waals surface area contributed by atoms with E-state index in [2.05, 4.69) is 20.2 Å². The van der Waals surface area contributed by atoms with Crippen molar-refractivity contribution in [3.8, 4) is 0 Å². The van der Waals surface area contributed by atoms with Crippen LogP contribution in [-0.2, 0) is 11.3 Å². The van der Waals surface area contributed by atoms with E-state index in [0.717, 1.165) is 17.6 Å². The second-order valence-electron chi connectivity index (χ2n) is 6.78. The number of morpholine rings is 1. The summed E-state index contributed by atoms with van der Waals surface area (Å²) in [5.74, 6) is 0.776. The SMILES string of the molecule is Cc1nn(Cc2nnc([C@H]3CN(C)C[C@@H](C)O3)o2)c(=O)c2ccccc12. The monoisotopic (exact) mass is 355 g/mol. The third-order valence-electron chi connectivity index (χ3n) is 4.54. The lowest BCUT2D eigenvalue weighted by atomic mass is 10.1. The summed E-state index contributed by atoms with van der Waals surface area (Å²) in [6.45, 7) is 5.59. The Kier molecular flexibility index (Phi) is 4.29. The summed E-state index contributed by atoms with van der Waals surface area (Å²) in [4.78, 5) is 14.8. The number of hydrogen-bond donors (Lipinski definition) is 0. The van der Waals surface area contributed by atoms with E-state index in [1.165, 1.54) is 4.68 Å². The van der Waals surface area contributed by atoms with Crippen LogP contribution < -0.4 is 5.56 Å². The van der Waals surface area contributed by atoms with Crippen LogP contribution >= 0.6 is 0 Å². The lowest BCUT2D eigenvalue weighted by Gasteiger charge is -2.32. The molecule has 2 atom stereocenters. The molecule has 26 heavy (non-hydrogen) atoms. The number of ether oxygens (including phenoxy) is 1. The molecule has 1 aromatic carbocycles. The third-order valence-corrected chi connectivity index (χ3v) is 4.54. The number of likely N-dealkylation sites (N-methyl/N-ethyl adjacent to an activating group) is 1. The molecule has 1 fully saturated rings. The molecule has 0 radical (unpaired) electrons. The van der Waals surface area contributed by atoms with Crippen molar-refractivity contribution in [2.45, 2.75) is 32.6 Å². The Bertz CT molecular complexity index is 986. The number of nitrogens with zero attached hydrogens (tertiary/aromatic N) is 5. The molecule has 8 nitrogen and oxygen atoms in total. The Labute approximate surface area is 150 Å². The minimum atomic E-state index is -0.256. The van der Waals surface area contributed by atoms with Crippen LogP contribution in [0.3, 0.4) is 0 Å². The van der Waals surface area contributed by atoms with Crippen LogP contribution in [0.15, 0.2) is 33.5 Å². The Hall–Kier alpha value is -2.58. The predicted octanol–water partition coefficient (Wildman–Crippen LogP) is 1.53. The Morgan fingerprint density at radius 2 is 1.96 bits per heavy atom. The topological polar surface area (TPSA) is 86.3 Å². The molecule has 0 aliphatic carbocycles. The molecular weight excluding hydrogens is 334 g/mol. The van der Waals surface area contributed by atoms with Gasteiger partial charge in [0.1, 0.15) is 12.6 Å². The smallest absolute Gasteiger partial charge is 0.275 e. The number of benzene rings is 1. The zero-order valence-electron chi connectivity index (χ0n) is 15.0. The highest BCUT2D eigenvalue weighted by atomic mass is 16.5. The van der Waals surface area contributed by atoms with Gasteiger partial charge < -0.3 is 14.1 Å². The van der Waals surface area contributed by atoms with Crippen molar-refractivity contribution in [1.82, 2.24) is 24.9 Å². The summed E-state index contributed by atoms with van der Waals surface area (Å²) in [6, 6.07) is 7.44. The molecule has 8 heteroatoms. The molecule has 136 valence electrons. The van der Waals surface area contributed by atoms with E-state index in [-0.39, 0.29) is 24.3 Å². The van der Waals surface area contributed by atoms with Crippen LogP contribution in [0.5, 0.6) is 0 Å². The maximum atomic E-state index is 12.7. The van der Waals surface area contributed by atoms with E-state index in [4.69, 9.17) is 9.15 Å². The van der Waals surface area contributed by atoms with Crippen molar-refractivity contribution in [1.29, 1.82) is 0 Å². The summed E-state index contributed by atoms with van der Waals surface area (Å²) >= 11 is 0. The van der Waals surface area contributed by atoms with Gasteiger partial charge in [0.25, 0.3) is 5.56 Å². The van der Waals surface area contributed by atoms with Gasteiger partial charge in [-0.2, -0.15) is 5.10 Å². The number of aromatic nitrogens is 4. The van der Waals surface area contributed by atoms with Gasteiger partial charge in [0, 0.05) is 18.5 Å². The molecule has 3 aromatic rings. The largest absolute Gasteiger partial charge is 0.420 e. The highest BCUT2D eigenvalue weighted by Gasteiger charge is 2.28. The van der Waals surface area contributed by atoms with Gasteiger partial charge >= 0.3 is 0 Å². The van der Waals surface area contributed by atoms with Crippen LogP contribution in [0.1, 0.15) is 30.5 Å². The standard InChI is InChI=1S/C18H21N5O3/c1-11-8-22(3)9-15(25-11)17-20-19-16(26-17)10-23-18(24)14-7-5-4-6-13(14)12(2)21-23/h4-7,11,15H,8-10H2,1-3H3/t11-,15-/m1/s1. The first-order valence-corrected chi connectivity index (χ1v) is 8.64. The lowest BCUT2D eigenvalue weighted by molar-refractivity contribution is -0.0826. The first-order chi connectivity index (χ1) is 12.5. The maximum Gasteiger partial charge on any atom is 0.275 e. The summed E-state index contributed by atoms with van der Waals surface area (Å²) in [7, 11) is 2.03. The molecule has 3 heterocycles. The van der Waals surface area contributed by atoms with Crippen LogP contribution in [0.4, 0.5) is 0 Å². The number of rotatable bonds is 3. The molecular formula is C18H21N5O3. The van der Waals surface area contributed by atoms with Crippen molar-refractivity contribution >= 4 is 10.8 Å². The van der Waals surface area contributed by atoms with Crippen LogP contribution in [0.25, 0.3) is 10.8 Å². The highest BCUT2D eigenvalue weighted by Crippen LogP contribution is 2.23. The van der Waals surface area contributed by atoms with Gasteiger partial charge in [-0.05, 0) is 27.0 Å². The van der Waals surface area contributed by atoms with Crippen molar-refractivity contribution in [3.05, 3.63) is 52.1 Å². The summed E-state index contributed by atoms with van der Waals surface area (Å²) in [5.41, 5.74) is 0.610. The average molecular weight is 355 g/mol. The van der Waals surface area contributed by atoms with Crippen molar-refractivity contribution in [2.24, 2.45) is 0 Å². The van der Waals surface area contributed by atoms with Crippen molar-refractivity contribution in [2.75, 3.05) is 20.1 Å². The molecule has 1 aliphatic heterocycles. The normalized spacial score (nSPS) is 21.3. The van der Waals surface area contributed by atoms with Gasteiger partial charge in [-0.3, -0.25) is 4.79 Å². The van der Waals surface area contributed by atoms with Crippen LogP contribution in [-0.4, -0.2) is 51.1 Å². The molecule has 0 saturated carbocycles. The minimum Gasteiger partial charge on any atom is -0.420 e. The first kappa shape index (κ1) is 16.9. The first-order valence-electron chi connectivity index (χ1n) is 8.64. The van der Waals surface area contributed by atoms with Gasteiger partial charge in [0.05, 0.1) is 17.2 Å². The average Bonchev–Trinajstić information content (AvgIpc) is 3.07. The molecule has 0 spiro atoms. The molecule has 2 aromatic heterocycles. The van der Waals surface area contributed by atoms with Crippen molar-refractivity contribution < 1.29 is 9.15 Å². The van der Waals surface area contributed by atoms with Gasteiger partial charge in [-0.15, -0.1) is 10.2 Å². The Balaban J connectivity index is 1.61. The second-order valence-corrected chi connectivity index (χ2v) is 6.78. The van der Waals surface area contributed by atoms with Crippen LogP contribution in [0.2, 0.25) is 0 Å². The van der Waals surface area contributed by atoms with Gasteiger partial charge in [0.15, 0.2) is 0 Å². The predicted molar refractivity (Wildman–Crippen MR) is 94.9 cm³/mol. The summed E-state index contributed by atoms with van der Waals surface area (Å²) < 4.78 is 13.0. The number of aryl methyl sites for hydroxylation is 1. The second kappa shape index (κ2) is 6.62. The zero-order valence-corrected chi connectivity index (χ0v) is 15.0. The summed E-state index contributed by atoms with van der Waals surface area (Å²) in [5, 5.41) is 14.0. The van der Waals surface area contributed by atoms with Gasteiger partial charge in [-0.1, -0.05) is 18.2 Å². The molecule has 1 aliphatic rings. The minimum absolute atomic E-state index is 0.0986. The fourth-order valence-electron chi connectivity index (χ4n) is 3.40. The Morgan fingerprint density at radius 3 is 2.73 bits per heavy atom. The maximum absolute atomic E-state index is 12.7. The molecule has 0 bridgehead atoms. The van der Waals surface area contributed by atoms with Gasteiger partial charge in [0.2, 0.25) is 11.8 Å². The third kappa shape index (κ3) is 3.13. The molecule has 1 saturated heterocycles. The number of hydrogen-bond acceptors (Lipinski definition) is 7. The van der Waals surface area contributed by atoms with Crippen LogP contribution in [0, 0.1) is 6.92 Å². The zero-order chi connectivity index (χ0) is 18.3. The Morgan fingerprint density at radius 1 is 1.19 bits per heavy atom. The number of fused-ring (bicyclic) bond motifs is 1.